The highest BCUT2D eigenvalue weighted by molar-refractivity contribution is 6.31. The van der Waals surface area contributed by atoms with Gasteiger partial charge in [0.05, 0.1) is 5.02 Å². The first-order valence-corrected chi connectivity index (χ1v) is 8.40. The Kier molecular flexibility index (Phi) is 5.39. The number of hydrogen-bond acceptors (Lipinski definition) is 3. The Labute approximate surface area is 160 Å². The molecule has 0 aliphatic carbocycles. The fourth-order valence-corrected chi connectivity index (χ4v) is 2.61. The van der Waals surface area contributed by atoms with Gasteiger partial charge in [-0.3, -0.25) is 4.79 Å². The third-order valence-electron chi connectivity index (χ3n) is 3.88. The van der Waals surface area contributed by atoms with Gasteiger partial charge in [-0.15, -0.1) is 0 Å². The van der Waals surface area contributed by atoms with Crippen molar-refractivity contribution in [1.82, 2.24) is 0 Å². The first-order chi connectivity index (χ1) is 13.0. The fraction of sp³-hybridized carbons (Fsp3) is 0.0476. The summed E-state index contributed by atoms with van der Waals surface area (Å²) in [4.78, 5) is 12.4. The number of amides is 1. The number of anilines is 1. The normalized spacial score (nSPS) is 11.1. The number of nitrogens with one attached hydrogen (secondary N) is 1. The van der Waals surface area contributed by atoms with Gasteiger partial charge in [0.15, 0.2) is 0 Å². The smallest absolute Gasteiger partial charge is 0.266 e. The highest BCUT2D eigenvalue weighted by Crippen LogP contribution is 2.27. The number of aryl methyl sites for hydroxylation is 1. The summed E-state index contributed by atoms with van der Waals surface area (Å²) in [5.74, 6) is -0.289. The summed E-state index contributed by atoms with van der Waals surface area (Å²) in [6, 6.07) is 16.6. The molecule has 1 amide bonds. The molecule has 134 valence electrons. The van der Waals surface area contributed by atoms with Crippen molar-refractivity contribution in [2.45, 2.75) is 6.92 Å². The SMILES string of the molecule is Cc1ccccc1NC(=O)C(C#N)=Cc1ccc(-c2ccc(F)c(Cl)c2)o1. The quantitative estimate of drug-likeness (QED) is 0.473. The van der Waals surface area contributed by atoms with Gasteiger partial charge >= 0.3 is 0 Å². The van der Waals surface area contributed by atoms with Gasteiger partial charge in [-0.1, -0.05) is 29.8 Å². The van der Waals surface area contributed by atoms with Gasteiger partial charge in [0.2, 0.25) is 0 Å². The van der Waals surface area contributed by atoms with E-state index in [4.69, 9.17) is 16.0 Å². The van der Waals surface area contributed by atoms with Crippen LogP contribution < -0.4 is 5.32 Å². The maximum Gasteiger partial charge on any atom is 0.266 e. The molecule has 1 N–H and O–H groups in total. The number of halogens is 2. The molecule has 0 bridgehead atoms. The summed E-state index contributed by atoms with van der Waals surface area (Å²) in [7, 11) is 0. The lowest BCUT2D eigenvalue weighted by molar-refractivity contribution is -0.112. The van der Waals surface area contributed by atoms with Crippen LogP contribution in [0.2, 0.25) is 5.02 Å². The Morgan fingerprint density at radius 3 is 2.70 bits per heavy atom. The van der Waals surface area contributed by atoms with Gasteiger partial charge in [-0.2, -0.15) is 5.26 Å². The first kappa shape index (κ1) is 18.4. The van der Waals surface area contributed by atoms with Crippen LogP contribution >= 0.6 is 11.6 Å². The van der Waals surface area contributed by atoms with Gasteiger partial charge in [-0.05, 0) is 48.9 Å². The number of carbonyl (C=O) groups excluding carboxylic acids is 1. The summed E-state index contributed by atoms with van der Waals surface area (Å²) in [5.41, 5.74) is 2.00. The lowest BCUT2D eigenvalue weighted by Crippen LogP contribution is -2.14. The second kappa shape index (κ2) is 7.90. The molecule has 27 heavy (non-hydrogen) atoms. The van der Waals surface area contributed by atoms with Crippen LogP contribution in [0.15, 0.2) is 64.6 Å². The molecule has 0 unspecified atom stereocenters. The number of para-hydroxylation sites is 1. The molecule has 4 nitrogen and oxygen atoms in total. The van der Waals surface area contributed by atoms with E-state index in [1.54, 1.807) is 24.3 Å². The summed E-state index contributed by atoms with van der Waals surface area (Å²) in [6.45, 7) is 1.86. The average Bonchev–Trinajstić information content (AvgIpc) is 3.12. The van der Waals surface area contributed by atoms with Crippen molar-refractivity contribution in [3.8, 4) is 17.4 Å². The number of nitrogens with zero attached hydrogens (tertiary/aromatic N) is 1. The van der Waals surface area contributed by atoms with E-state index in [1.165, 1.54) is 24.3 Å². The summed E-state index contributed by atoms with van der Waals surface area (Å²) in [5, 5.41) is 12.0. The molecule has 0 saturated carbocycles. The van der Waals surface area contributed by atoms with Gasteiger partial charge in [0.25, 0.3) is 5.91 Å². The van der Waals surface area contributed by atoms with E-state index in [9.17, 15) is 14.4 Å². The fourth-order valence-electron chi connectivity index (χ4n) is 2.43. The molecule has 0 saturated heterocycles. The zero-order chi connectivity index (χ0) is 19.4. The number of nitriles is 1. The van der Waals surface area contributed by atoms with Crippen LogP contribution in [0.4, 0.5) is 10.1 Å². The average molecular weight is 381 g/mol. The van der Waals surface area contributed by atoms with Crippen molar-refractivity contribution in [3.05, 3.63) is 82.3 Å². The summed E-state index contributed by atoms with van der Waals surface area (Å²) in [6.07, 6.45) is 1.35. The molecule has 0 fully saturated rings. The van der Waals surface area contributed by atoms with E-state index in [1.807, 2.05) is 25.1 Å². The number of carbonyl (C=O) groups is 1. The maximum atomic E-state index is 13.3. The van der Waals surface area contributed by atoms with Crippen LogP contribution in [0.3, 0.4) is 0 Å². The molecule has 6 heteroatoms. The molecule has 1 heterocycles. The minimum Gasteiger partial charge on any atom is -0.457 e. The van der Waals surface area contributed by atoms with Crippen molar-refractivity contribution in [3.63, 3.8) is 0 Å². The van der Waals surface area contributed by atoms with E-state index < -0.39 is 11.7 Å². The Morgan fingerprint density at radius 1 is 1.22 bits per heavy atom. The predicted molar refractivity (Wildman–Crippen MR) is 103 cm³/mol. The minimum atomic E-state index is -0.533. The van der Waals surface area contributed by atoms with Crippen LogP contribution in [0.5, 0.6) is 0 Å². The molecular weight excluding hydrogens is 367 g/mol. The molecule has 0 spiro atoms. The first-order valence-electron chi connectivity index (χ1n) is 8.02. The van der Waals surface area contributed by atoms with Crippen LogP contribution in [-0.4, -0.2) is 5.91 Å². The number of furan rings is 1. The molecular formula is C21H14ClFN2O2. The summed E-state index contributed by atoms with van der Waals surface area (Å²) >= 11 is 5.78. The van der Waals surface area contributed by atoms with Gasteiger partial charge < -0.3 is 9.73 Å². The van der Waals surface area contributed by atoms with Crippen LogP contribution in [0, 0.1) is 24.1 Å². The zero-order valence-electron chi connectivity index (χ0n) is 14.3. The van der Waals surface area contributed by atoms with Gasteiger partial charge in [-0.25, -0.2) is 4.39 Å². The highest BCUT2D eigenvalue weighted by Gasteiger charge is 2.13. The van der Waals surface area contributed by atoms with E-state index in [0.717, 1.165) is 5.56 Å². The van der Waals surface area contributed by atoms with Crippen molar-refractivity contribution in [2.75, 3.05) is 5.32 Å². The Morgan fingerprint density at radius 2 is 2.00 bits per heavy atom. The topological polar surface area (TPSA) is 66.0 Å². The van der Waals surface area contributed by atoms with Crippen molar-refractivity contribution >= 4 is 29.3 Å². The van der Waals surface area contributed by atoms with Crippen LogP contribution in [0.25, 0.3) is 17.4 Å². The standard InChI is InChI=1S/C21H14ClFN2O2/c1-13-4-2-3-5-19(13)25-21(26)15(12-24)10-16-7-9-20(27-16)14-6-8-18(23)17(22)11-14/h2-11H,1H3,(H,25,26). The minimum absolute atomic E-state index is 0.0173. The maximum absolute atomic E-state index is 13.3. The summed E-state index contributed by atoms with van der Waals surface area (Å²) < 4.78 is 18.9. The monoisotopic (exact) mass is 380 g/mol. The van der Waals surface area contributed by atoms with E-state index in [0.29, 0.717) is 22.8 Å². The van der Waals surface area contributed by atoms with Crippen LogP contribution in [-0.2, 0) is 4.79 Å². The third-order valence-corrected chi connectivity index (χ3v) is 4.17. The predicted octanol–water partition coefficient (Wildman–Crippen LogP) is 5.59. The van der Waals surface area contributed by atoms with Crippen molar-refractivity contribution in [1.29, 1.82) is 5.26 Å². The largest absolute Gasteiger partial charge is 0.457 e. The molecule has 3 aromatic rings. The van der Waals surface area contributed by atoms with Gasteiger partial charge in [0, 0.05) is 17.3 Å². The van der Waals surface area contributed by atoms with Crippen molar-refractivity contribution in [2.24, 2.45) is 0 Å². The zero-order valence-corrected chi connectivity index (χ0v) is 15.0. The second-order valence-electron chi connectivity index (χ2n) is 5.77. The number of hydrogen-bond donors (Lipinski definition) is 1. The van der Waals surface area contributed by atoms with E-state index in [2.05, 4.69) is 5.32 Å². The molecule has 2 aromatic carbocycles. The molecule has 1 aromatic heterocycles. The number of benzene rings is 2. The molecule has 3 rings (SSSR count). The number of rotatable bonds is 4. The van der Waals surface area contributed by atoms with E-state index in [-0.39, 0.29) is 10.6 Å². The lowest BCUT2D eigenvalue weighted by Gasteiger charge is -2.06. The molecule has 0 aliphatic heterocycles. The highest BCUT2D eigenvalue weighted by atomic mass is 35.5. The lowest BCUT2D eigenvalue weighted by atomic mass is 10.1. The van der Waals surface area contributed by atoms with Crippen LogP contribution in [0.1, 0.15) is 11.3 Å². The Balaban J connectivity index is 1.83. The second-order valence-corrected chi connectivity index (χ2v) is 6.18. The Bertz CT molecular complexity index is 1080. The van der Waals surface area contributed by atoms with Crippen molar-refractivity contribution < 1.29 is 13.6 Å². The van der Waals surface area contributed by atoms with Gasteiger partial charge in [0.1, 0.15) is 29.0 Å². The molecule has 0 atom stereocenters. The Hall–Kier alpha value is -3.36. The molecule has 0 aliphatic rings. The molecule has 0 radical (unpaired) electrons. The third kappa shape index (κ3) is 4.25. The van der Waals surface area contributed by atoms with E-state index >= 15 is 0 Å².